The minimum Gasteiger partial charge on any atom is -0.355 e. The van der Waals surface area contributed by atoms with Crippen LogP contribution in [0, 0.1) is 10.1 Å². The van der Waals surface area contributed by atoms with Crippen LogP contribution in [0.3, 0.4) is 0 Å². The first-order chi connectivity index (χ1) is 13.7. The van der Waals surface area contributed by atoms with Crippen LogP contribution in [0.4, 0.5) is 11.4 Å². The second kappa shape index (κ2) is 7.78. The molecule has 0 aromatic heterocycles. The van der Waals surface area contributed by atoms with Crippen molar-refractivity contribution in [3.8, 4) is 0 Å². The number of anilines is 1. The maximum Gasteiger partial charge on any atom is 0.293 e. The fourth-order valence-electron chi connectivity index (χ4n) is 3.98. The molecule has 6 heteroatoms. The van der Waals surface area contributed by atoms with Crippen molar-refractivity contribution in [1.82, 2.24) is 0 Å². The standard InChI is InChI=1S/C22H21N3O3/c26-16-17-8-9-21(22(14-17)25(27)28)24-12-10-23(11-13-24)15-19-6-3-5-18-4-1-2-7-20(18)19/h1-9,14,16H,10-13,15H2/p+1. The predicted molar refractivity (Wildman–Crippen MR) is 109 cm³/mol. The Morgan fingerprint density at radius 2 is 1.79 bits per heavy atom. The molecule has 0 spiro atoms. The summed E-state index contributed by atoms with van der Waals surface area (Å²) in [6, 6.07) is 19.5. The minimum atomic E-state index is -0.405. The average molecular weight is 376 g/mol. The summed E-state index contributed by atoms with van der Waals surface area (Å²) >= 11 is 0. The third-order valence-electron chi connectivity index (χ3n) is 5.46. The van der Waals surface area contributed by atoms with Crippen molar-refractivity contribution in [3.63, 3.8) is 0 Å². The van der Waals surface area contributed by atoms with E-state index < -0.39 is 4.92 Å². The number of benzene rings is 3. The number of quaternary nitrogens is 1. The number of fused-ring (bicyclic) bond motifs is 1. The predicted octanol–water partition coefficient (Wildman–Crippen LogP) is 2.47. The summed E-state index contributed by atoms with van der Waals surface area (Å²) in [4.78, 5) is 25.5. The van der Waals surface area contributed by atoms with Crippen LogP contribution in [-0.2, 0) is 6.54 Å². The molecule has 0 unspecified atom stereocenters. The molecule has 4 rings (SSSR count). The molecule has 3 aromatic carbocycles. The Balaban J connectivity index is 1.48. The van der Waals surface area contributed by atoms with Gasteiger partial charge in [-0.3, -0.25) is 14.9 Å². The van der Waals surface area contributed by atoms with Gasteiger partial charge in [0, 0.05) is 17.2 Å². The topological polar surface area (TPSA) is 67.9 Å². The lowest BCUT2D eigenvalue weighted by Gasteiger charge is -2.33. The summed E-state index contributed by atoms with van der Waals surface area (Å²) in [6.07, 6.45) is 0.642. The van der Waals surface area contributed by atoms with Crippen LogP contribution >= 0.6 is 0 Å². The van der Waals surface area contributed by atoms with Crippen molar-refractivity contribution in [2.75, 3.05) is 31.1 Å². The maximum absolute atomic E-state index is 11.4. The van der Waals surface area contributed by atoms with Crippen LogP contribution in [0.1, 0.15) is 15.9 Å². The molecule has 142 valence electrons. The van der Waals surface area contributed by atoms with Crippen molar-refractivity contribution in [2.24, 2.45) is 0 Å². The molecule has 1 N–H and O–H groups in total. The van der Waals surface area contributed by atoms with Gasteiger partial charge in [-0.1, -0.05) is 42.5 Å². The number of nitrogens with one attached hydrogen (secondary N) is 1. The molecular formula is C22H22N3O3+. The molecule has 1 heterocycles. The SMILES string of the molecule is O=Cc1ccc(N2CC[NH+](Cc3cccc4ccccc34)CC2)c([N+](=O)[O-])c1. The number of rotatable bonds is 5. The lowest BCUT2D eigenvalue weighted by atomic mass is 10.0. The van der Waals surface area contributed by atoms with Crippen LogP contribution in [0.5, 0.6) is 0 Å². The van der Waals surface area contributed by atoms with Crippen molar-refractivity contribution < 1.29 is 14.6 Å². The quantitative estimate of drug-likeness (QED) is 0.422. The highest BCUT2D eigenvalue weighted by Gasteiger charge is 2.26. The number of hydrogen-bond donors (Lipinski definition) is 1. The Bertz CT molecular complexity index is 1020. The summed E-state index contributed by atoms with van der Waals surface area (Å²) in [6.45, 7) is 4.27. The van der Waals surface area contributed by atoms with Gasteiger partial charge in [-0.2, -0.15) is 0 Å². The number of nitro groups is 1. The Hall–Kier alpha value is -3.25. The molecular weight excluding hydrogens is 354 g/mol. The van der Waals surface area contributed by atoms with Crippen LogP contribution in [0.2, 0.25) is 0 Å². The number of carbonyl (C=O) groups is 1. The zero-order chi connectivity index (χ0) is 19.5. The molecule has 1 fully saturated rings. The molecule has 6 nitrogen and oxygen atoms in total. The van der Waals surface area contributed by atoms with Gasteiger partial charge in [-0.15, -0.1) is 0 Å². The maximum atomic E-state index is 11.4. The number of carbonyl (C=O) groups excluding carboxylic acids is 1. The smallest absolute Gasteiger partial charge is 0.293 e. The van der Waals surface area contributed by atoms with Gasteiger partial charge < -0.3 is 9.80 Å². The van der Waals surface area contributed by atoms with E-state index in [2.05, 4.69) is 47.4 Å². The zero-order valence-electron chi connectivity index (χ0n) is 15.5. The molecule has 1 aliphatic rings. The number of aldehydes is 1. The van der Waals surface area contributed by atoms with Gasteiger partial charge in [0.15, 0.2) is 0 Å². The summed E-state index contributed by atoms with van der Waals surface area (Å²) in [5.74, 6) is 0. The summed E-state index contributed by atoms with van der Waals surface area (Å²) < 4.78 is 0. The molecule has 0 aliphatic carbocycles. The van der Waals surface area contributed by atoms with Gasteiger partial charge in [0.05, 0.1) is 31.1 Å². The first-order valence-corrected chi connectivity index (χ1v) is 9.44. The molecule has 1 saturated heterocycles. The van der Waals surface area contributed by atoms with E-state index in [1.54, 1.807) is 12.1 Å². The summed E-state index contributed by atoms with van der Waals surface area (Å²) in [5, 5.41) is 14.0. The lowest BCUT2D eigenvalue weighted by Crippen LogP contribution is -3.13. The molecule has 0 radical (unpaired) electrons. The third-order valence-corrected chi connectivity index (χ3v) is 5.46. The van der Waals surface area contributed by atoms with E-state index in [4.69, 9.17) is 0 Å². The fraction of sp³-hybridized carbons (Fsp3) is 0.227. The van der Waals surface area contributed by atoms with Crippen LogP contribution in [-0.4, -0.2) is 37.4 Å². The first kappa shape index (κ1) is 18.1. The average Bonchev–Trinajstić information content (AvgIpc) is 2.74. The van der Waals surface area contributed by atoms with Crippen LogP contribution in [0.15, 0.2) is 60.7 Å². The van der Waals surface area contributed by atoms with Crippen molar-refractivity contribution >= 4 is 28.4 Å². The van der Waals surface area contributed by atoms with Crippen molar-refractivity contribution in [2.45, 2.75) is 6.54 Å². The number of nitrogens with zero attached hydrogens (tertiary/aromatic N) is 2. The highest BCUT2D eigenvalue weighted by Crippen LogP contribution is 2.29. The normalized spacial score (nSPS) is 14.9. The van der Waals surface area contributed by atoms with Crippen LogP contribution in [0.25, 0.3) is 10.8 Å². The largest absolute Gasteiger partial charge is 0.355 e. The van der Waals surface area contributed by atoms with E-state index in [0.29, 0.717) is 17.5 Å². The zero-order valence-corrected chi connectivity index (χ0v) is 15.5. The molecule has 0 bridgehead atoms. The Morgan fingerprint density at radius 1 is 1.04 bits per heavy atom. The highest BCUT2D eigenvalue weighted by atomic mass is 16.6. The van der Waals surface area contributed by atoms with Gasteiger partial charge in [0.25, 0.3) is 5.69 Å². The molecule has 28 heavy (non-hydrogen) atoms. The van der Waals surface area contributed by atoms with Gasteiger partial charge in [0.1, 0.15) is 18.5 Å². The molecule has 3 aromatic rings. The van der Waals surface area contributed by atoms with Crippen molar-refractivity contribution in [1.29, 1.82) is 0 Å². The van der Waals surface area contributed by atoms with Gasteiger partial charge in [-0.25, -0.2) is 0 Å². The number of nitro benzene ring substituents is 1. The second-order valence-electron chi connectivity index (χ2n) is 7.18. The fourth-order valence-corrected chi connectivity index (χ4v) is 3.98. The van der Waals surface area contributed by atoms with E-state index in [0.717, 1.165) is 32.7 Å². The van der Waals surface area contributed by atoms with E-state index >= 15 is 0 Å². The Labute approximate surface area is 163 Å². The second-order valence-corrected chi connectivity index (χ2v) is 7.18. The number of hydrogen-bond acceptors (Lipinski definition) is 4. The van der Waals surface area contributed by atoms with Gasteiger partial charge in [0.2, 0.25) is 0 Å². The Morgan fingerprint density at radius 3 is 2.54 bits per heavy atom. The van der Waals surface area contributed by atoms with E-state index in [1.807, 2.05) is 0 Å². The first-order valence-electron chi connectivity index (χ1n) is 9.44. The van der Waals surface area contributed by atoms with Gasteiger partial charge >= 0.3 is 0 Å². The monoisotopic (exact) mass is 376 g/mol. The van der Waals surface area contributed by atoms with Crippen LogP contribution < -0.4 is 9.80 Å². The van der Waals surface area contributed by atoms with E-state index in [-0.39, 0.29) is 5.69 Å². The van der Waals surface area contributed by atoms with E-state index in [9.17, 15) is 14.9 Å². The molecule has 0 atom stereocenters. The minimum absolute atomic E-state index is 0.00195. The molecule has 0 saturated carbocycles. The van der Waals surface area contributed by atoms with Gasteiger partial charge in [-0.05, 0) is 22.9 Å². The Kier molecular flexibility index (Phi) is 5.04. The summed E-state index contributed by atoms with van der Waals surface area (Å²) in [7, 11) is 0. The molecule has 0 amide bonds. The van der Waals surface area contributed by atoms with Crippen molar-refractivity contribution in [3.05, 3.63) is 81.9 Å². The lowest BCUT2D eigenvalue weighted by molar-refractivity contribution is -0.914. The molecule has 1 aliphatic heterocycles. The third kappa shape index (κ3) is 3.59. The summed E-state index contributed by atoms with van der Waals surface area (Å²) in [5.41, 5.74) is 2.26. The highest BCUT2D eigenvalue weighted by molar-refractivity contribution is 5.85. The van der Waals surface area contributed by atoms with E-state index in [1.165, 1.54) is 27.3 Å². The number of piperazine rings is 1.